The fraction of sp³-hybridized carbons (Fsp3) is 0.900. The van der Waals surface area contributed by atoms with Gasteiger partial charge in [-0.1, -0.05) is 13.3 Å². The first-order chi connectivity index (χ1) is 5.81. The molecule has 2 heterocycles. The zero-order valence-corrected chi connectivity index (χ0v) is 7.75. The van der Waals surface area contributed by atoms with E-state index < -0.39 is 0 Å². The molecule has 0 radical (unpaired) electrons. The zero-order chi connectivity index (χ0) is 8.55. The average molecular weight is 167 g/mol. The van der Waals surface area contributed by atoms with E-state index in [1.54, 1.807) is 0 Å². The molecular weight excluding hydrogens is 150 g/mol. The summed E-state index contributed by atoms with van der Waals surface area (Å²) in [6.45, 7) is 5.53. The van der Waals surface area contributed by atoms with Crippen LogP contribution in [0.2, 0.25) is 0 Å². The van der Waals surface area contributed by atoms with E-state index >= 15 is 0 Å². The summed E-state index contributed by atoms with van der Waals surface area (Å²) in [5.74, 6) is 1.38. The Bertz CT molecular complexity index is 176. The van der Waals surface area contributed by atoms with Crippen LogP contribution >= 0.6 is 0 Å². The van der Waals surface area contributed by atoms with E-state index in [1.807, 2.05) is 0 Å². The third-order valence-electron chi connectivity index (χ3n) is 3.16. The number of fused-ring (bicyclic) bond motifs is 2. The molecular formula is C10H17NO. The van der Waals surface area contributed by atoms with E-state index in [-0.39, 0.29) is 0 Å². The van der Waals surface area contributed by atoms with Crippen molar-refractivity contribution < 1.29 is 4.79 Å². The Balaban J connectivity index is 1.79. The fourth-order valence-corrected chi connectivity index (χ4v) is 2.34. The van der Waals surface area contributed by atoms with Crippen LogP contribution in [0, 0.1) is 11.8 Å². The Kier molecular flexibility index (Phi) is 2.18. The lowest BCUT2D eigenvalue weighted by molar-refractivity contribution is -0.143. The first kappa shape index (κ1) is 8.24. The van der Waals surface area contributed by atoms with Gasteiger partial charge in [0.15, 0.2) is 0 Å². The molecule has 2 bridgehead atoms. The van der Waals surface area contributed by atoms with Crippen LogP contribution in [-0.2, 0) is 4.79 Å². The summed E-state index contributed by atoms with van der Waals surface area (Å²) < 4.78 is 0. The van der Waals surface area contributed by atoms with Gasteiger partial charge in [0, 0.05) is 24.9 Å². The molecule has 12 heavy (non-hydrogen) atoms. The molecule has 3 rings (SSSR count). The second kappa shape index (κ2) is 3.17. The topological polar surface area (TPSA) is 20.3 Å². The number of rotatable bonds is 3. The normalized spacial score (nSPS) is 34.9. The van der Waals surface area contributed by atoms with Gasteiger partial charge in [0.05, 0.1) is 0 Å². The van der Waals surface area contributed by atoms with Crippen molar-refractivity contribution >= 4 is 5.78 Å². The maximum atomic E-state index is 11.2. The van der Waals surface area contributed by atoms with Crippen LogP contribution in [0.4, 0.5) is 0 Å². The zero-order valence-electron chi connectivity index (χ0n) is 7.75. The molecule has 0 N–H and O–H groups in total. The number of carbonyl (C=O) groups is 1. The SMILES string of the molecule is CCCCN1CC2CC(C1)C2=O. The minimum absolute atomic E-state index is 0.417. The molecule has 2 atom stereocenters. The van der Waals surface area contributed by atoms with Crippen LogP contribution < -0.4 is 0 Å². The van der Waals surface area contributed by atoms with Crippen molar-refractivity contribution in [3.8, 4) is 0 Å². The molecule has 2 aliphatic heterocycles. The molecule has 3 aliphatic rings. The number of Topliss-reactive ketones (excluding diaryl/α,β-unsaturated/α-hetero) is 1. The van der Waals surface area contributed by atoms with Crippen LogP contribution in [-0.4, -0.2) is 30.3 Å². The fourth-order valence-electron chi connectivity index (χ4n) is 2.34. The summed E-state index contributed by atoms with van der Waals surface area (Å²) in [7, 11) is 0. The molecule has 0 aromatic carbocycles. The molecule has 0 spiro atoms. The maximum Gasteiger partial charge on any atom is 0.141 e. The number of nitrogens with zero attached hydrogens (tertiary/aromatic N) is 1. The Morgan fingerprint density at radius 1 is 1.42 bits per heavy atom. The Hall–Kier alpha value is -0.370. The summed E-state index contributed by atoms with van der Waals surface area (Å²) >= 11 is 0. The van der Waals surface area contributed by atoms with Gasteiger partial charge in [-0.25, -0.2) is 0 Å². The quantitative estimate of drug-likeness (QED) is 0.631. The molecule has 2 heteroatoms. The van der Waals surface area contributed by atoms with E-state index in [2.05, 4.69) is 11.8 Å². The molecule has 68 valence electrons. The van der Waals surface area contributed by atoms with Crippen molar-refractivity contribution in [2.24, 2.45) is 11.8 Å². The highest BCUT2D eigenvalue weighted by Crippen LogP contribution is 2.35. The Morgan fingerprint density at radius 3 is 2.58 bits per heavy atom. The van der Waals surface area contributed by atoms with Crippen molar-refractivity contribution in [3.05, 3.63) is 0 Å². The smallest absolute Gasteiger partial charge is 0.141 e. The van der Waals surface area contributed by atoms with Crippen molar-refractivity contribution in [2.45, 2.75) is 26.2 Å². The van der Waals surface area contributed by atoms with Gasteiger partial charge in [0.25, 0.3) is 0 Å². The van der Waals surface area contributed by atoms with Gasteiger partial charge in [0.1, 0.15) is 5.78 Å². The van der Waals surface area contributed by atoms with Crippen molar-refractivity contribution in [1.82, 2.24) is 4.90 Å². The number of hydrogen-bond acceptors (Lipinski definition) is 2. The third-order valence-corrected chi connectivity index (χ3v) is 3.16. The molecule has 0 aromatic heterocycles. The summed E-state index contributed by atoms with van der Waals surface area (Å²) in [6, 6.07) is 0. The first-order valence-electron chi connectivity index (χ1n) is 5.07. The third kappa shape index (κ3) is 1.28. The second-order valence-electron chi connectivity index (χ2n) is 4.15. The monoisotopic (exact) mass is 167 g/mol. The predicted molar refractivity (Wildman–Crippen MR) is 48.0 cm³/mol. The predicted octanol–water partition coefficient (Wildman–Crippen LogP) is 1.31. The minimum Gasteiger partial charge on any atom is -0.302 e. The standard InChI is InChI=1S/C10H17NO/c1-2-3-4-11-6-8-5-9(7-11)10(8)12/h8-9H,2-7H2,1H3. The highest BCUT2D eigenvalue weighted by Gasteiger charge is 2.44. The van der Waals surface area contributed by atoms with Gasteiger partial charge in [-0.05, 0) is 19.4 Å². The maximum absolute atomic E-state index is 11.2. The van der Waals surface area contributed by atoms with E-state index in [4.69, 9.17) is 0 Å². The lowest BCUT2D eigenvalue weighted by Gasteiger charge is -2.45. The van der Waals surface area contributed by atoms with Gasteiger partial charge < -0.3 is 4.90 Å². The highest BCUT2D eigenvalue weighted by molar-refractivity contribution is 5.90. The molecule has 0 aromatic rings. The highest BCUT2D eigenvalue weighted by atomic mass is 16.1. The van der Waals surface area contributed by atoms with Crippen molar-refractivity contribution in [1.29, 1.82) is 0 Å². The van der Waals surface area contributed by atoms with Gasteiger partial charge >= 0.3 is 0 Å². The van der Waals surface area contributed by atoms with E-state index in [0.29, 0.717) is 17.6 Å². The Labute approximate surface area is 73.9 Å². The summed E-state index contributed by atoms with van der Waals surface area (Å²) in [4.78, 5) is 13.7. The van der Waals surface area contributed by atoms with Gasteiger partial charge in [-0.3, -0.25) is 4.79 Å². The van der Waals surface area contributed by atoms with Crippen LogP contribution in [0.15, 0.2) is 0 Å². The largest absolute Gasteiger partial charge is 0.302 e. The molecule has 1 saturated carbocycles. The summed E-state index contributed by atoms with van der Waals surface area (Å²) in [5.41, 5.74) is 0. The van der Waals surface area contributed by atoms with E-state index in [9.17, 15) is 4.79 Å². The van der Waals surface area contributed by atoms with Crippen LogP contribution in [0.5, 0.6) is 0 Å². The molecule has 1 aliphatic carbocycles. The number of unbranched alkanes of at least 4 members (excludes halogenated alkanes) is 1. The molecule has 0 amide bonds. The van der Waals surface area contributed by atoms with Crippen LogP contribution in [0.1, 0.15) is 26.2 Å². The molecule has 2 nitrogen and oxygen atoms in total. The second-order valence-corrected chi connectivity index (χ2v) is 4.15. The van der Waals surface area contributed by atoms with Crippen molar-refractivity contribution in [3.63, 3.8) is 0 Å². The number of piperidine rings is 2. The number of hydrogen-bond donors (Lipinski definition) is 0. The molecule has 2 saturated heterocycles. The number of ketones is 1. The van der Waals surface area contributed by atoms with Crippen molar-refractivity contribution in [2.75, 3.05) is 19.6 Å². The lowest BCUT2D eigenvalue weighted by atomic mass is 9.70. The van der Waals surface area contributed by atoms with E-state index in [1.165, 1.54) is 25.8 Å². The summed E-state index contributed by atoms with van der Waals surface area (Å²) in [6.07, 6.45) is 3.73. The molecule has 2 unspecified atom stereocenters. The van der Waals surface area contributed by atoms with Gasteiger partial charge in [-0.15, -0.1) is 0 Å². The Morgan fingerprint density at radius 2 is 2.08 bits per heavy atom. The van der Waals surface area contributed by atoms with Crippen LogP contribution in [0.25, 0.3) is 0 Å². The van der Waals surface area contributed by atoms with Gasteiger partial charge in [0.2, 0.25) is 0 Å². The first-order valence-corrected chi connectivity index (χ1v) is 5.07. The van der Waals surface area contributed by atoms with Crippen LogP contribution in [0.3, 0.4) is 0 Å². The molecule has 3 fully saturated rings. The number of carbonyl (C=O) groups excluding carboxylic acids is 1. The van der Waals surface area contributed by atoms with Gasteiger partial charge in [-0.2, -0.15) is 0 Å². The summed E-state index contributed by atoms with van der Waals surface area (Å²) in [5, 5.41) is 0. The minimum atomic E-state index is 0.417. The lowest BCUT2D eigenvalue weighted by Crippen LogP contribution is -2.55. The average Bonchev–Trinajstić information content (AvgIpc) is 2.14. The van der Waals surface area contributed by atoms with E-state index in [0.717, 1.165) is 13.1 Å².